The lowest BCUT2D eigenvalue weighted by Gasteiger charge is -2.13. The number of methoxy groups -OCH3 is 1. The first kappa shape index (κ1) is 23.4. The Morgan fingerprint density at radius 2 is 1.97 bits per heavy atom. The Morgan fingerprint density at radius 1 is 1.20 bits per heavy atom. The number of rotatable bonds is 9. The molecule has 0 fully saturated rings. The zero-order valence-corrected chi connectivity index (χ0v) is 17.5. The van der Waals surface area contributed by atoms with E-state index in [0.717, 1.165) is 11.3 Å². The van der Waals surface area contributed by atoms with E-state index in [0.29, 0.717) is 31.4 Å². The monoisotopic (exact) mass is 428 g/mol. The van der Waals surface area contributed by atoms with Crippen molar-refractivity contribution >= 4 is 5.96 Å². The van der Waals surface area contributed by atoms with Crippen LogP contribution in [0, 0.1) is 0 Å². The predicted octanol–water partition coefficient (Wildman–Crippen LogP) is 4.00. The molecule has 0 aliphatic heterocycles. The molecule has 0 spiro atoms. The molecular formula is C20H27F3N4O3. The number of ether oxygens (including phenoxy) is 2. The van der Waals surface area contributed by atoms with Crippen molar-refractivity contribution in [2.75, 3.05) is 20.3 Å². The Bertz CT molecular complexity index is 835. The molecule has 2 rings (SSSR count). The van der Waals surface area contributed by atoms with Crippen molar-refractivity contribution in [1.29, 1.82) is 0 Å². The van der Waals surface area contributed by atoms with Crippen LogP contribution in [-0.4, -0.2) is 37.6 Å². The van der Waals surface area contributed by atoms with E-state index in [1.54, 1.807) is 12.1 Å². The maximum atomic E-state index is 12.4. The molecule has 0 atom stereocenters. The number of halogens is 3. The third-order valence-electron chi connectivity index (χ3n) is 3.98. The number of guanidine groups is 1. The van der Waals surface area contributed by atoms with Crippen LogP contribution in [0.25, 0.3) is 0 Å². The minimum Gasteiger partial charge on any atom is -0.493 e. The number of aromatic nitrogens is 1. The topological polar surface area (TPSA) is 80.9 Å². The fraction of sp³-hybridized carbons (Fsp3) is 0.500. The lowest BCUT2D eigenvalue weighted by atomic mass is 10.1. The van der Waals surface area contributed by atoms with Crippen molar-refractivity contribution in [1.82, 2.24) is 15.8 Å². The fourth-order valence-electron chi connectivity index (χ4n) is 2.46. The van der Waals surface area contributed by atoms with Crippen molar-refractivity contribution in [2.24, 2.45) is 4.99 Å². The average Bonchev–Trinajstić information content (AvgIpc) is 3.17. The third-order valence-corrected chi connectivity index (χ3v) is 3.98. The van der Waals surface area contributed by atoms with Gasteiger partial charge in [-0.1, -0.05) is 25.1 Å². The summed E-state index contributed by atoms with van der Waals surface area (Å²) in [6, 6.07) is 6.58. The minimum atomic E-state index is -4.42. The van der Waals surface area contributed by atoms with Crippen LogP contribution in [0.1, 0.15) is 43.7 Å². The number of benzene rings is 1. The van der Waals surface area contributed by atoms with E-state index < -0.39 is 12.8 Å². The van der Waals surface area contributed by atoms with Gasteiger partial charge >= 0.3 is 6.18 Å². The molecule has 0 aliphatic carbocycles. The van der Waals surface area contributed by atoms with E-state index in [1.807, 2.05) is 26.8 Å². The van der Waals surface area contributed by atoms with Gasteiger partial charge in [-0.05, 0) is 30.5 Å². The number of nitrogens with one attached hydrogen (secondary N) is 2. The molecule has 0 saturated heterocycles. The Morgan fingerprint density at radius 3 is 2.57 bits per heavy atom. The summed E-state index contributed by atoms with van der Waals surface area (Å²) in [6.45, 7) is 6.00. The summed E-state index contributed by atoms with van der Waals surface area (Å²) >= 11 is 0. The van der Waals surface area contributed by atoms with Gasteiger partial charge in [0.05, 0.1) is 25.9 Å². The second kappa shape index (κ2) is 10.7. The van der Waals surface area contributed by atoms with Crippen molar-refractivity contribution in [3.05, 3.63) is 41.3 Å². The first-order valence-corrected chi connectivity index (χ1v) is 9.56. The van der Waals surface area contributed by atoms with Crippen LogP contribution >= 0.6 is 0 Å². The quantitative estimate of drug-likeness (QED) is 0.464. The van der Waals surface area contributed by atoms with Gasteiger partial charge in [0.2, 0.25) is 0 Å². The molecule has 166 valence electrons. The summed E-state index contributed by atoms with van der Waals surface area (Å²) in [5, 5.41) is 10.3. The highest BCUT2D eigenvalue weighted by atomic mass is 19.4. The van der Waals surface area contributed by atoms with Crippen LogP contribution in [-0.2, 0) is 13.1 Å². The van der Waals surface area contributed by atoms with Crippen molar-refractivity contribution in [3.63, 3.8) is 0 Å². The Labute approximate surface area is 173 Å². The lowest BCUT2D eigenvalue weighted by molar-refractivity contribution is -0.153. The molecule has 0 saturated carbocycles. The van der Waals surface area contributed by atoms with Crippen LogP contribution < -0.4 is 20.1 Å². The third kappa shape index (κ3) is 7.49. The minimum absolute atomic E-state index is 0.0267. The predicted molar refractivity (Wildman–Crippen MR) is 107 cm³/mol. The normalized spacial score (nSPS) is 12.2. The Hall–Kier alpha value is -2.91. The van der Waals surface area contributed by atoms with E-state index in [-0.39, 0.29) is 17.4 Å². The van der Waals surface area contributed by atoms with Crippen LogP contribution in [0.5, 0.6) is 11.5 Å². The van der Waals surface area contributed by atoms with Crippen molar-refractivity contribution in [2.45, 2.75) is 46.0 Å². The van der Waals surface area contributed by atoms with E-state index in [1.165, 1.54) is 13.2 Å². The highest BCUT2D eigenvalue weighted by Gasteiger charge is 2.29. The summed E-state index contributed by atoms with van der Waals surface area (Å²) in [6.07, 6.45) is -4.42. The molecule has 30 heavy (non-hydrogen) atoms. The Balaban J connectivity index is 2.01. The van der Waals surface area contributed by atoms with Crippen molar-refractivity contribution in [3.8, 4) is 11.5 Å². The maximum Gasteiger partial charge on any atom is 0.422 e. The van der Waals surface area contributed by atoms with Gasteiger partial charge in [-0.2, -0.15) is 13.2 Å². The largest absolute Gasteiger partial charge is 0.493 e. The van der Waals surface area contributed by atoms with Crippen LogP contribution in [0.4, 0.5) is 13.2 Å². The molecule has 1 aromatic heterocycles. The standard InChI is InChI=1S/C20H27F3N4O3/c1-5-24-19(26-11-15-9-16(13(2)3)27-30-15)25-10-14-6-7-17(18(8-14)28-4)29-12-20(21,22)23/h6-9,13H,5,10-12H2,1-4H3,(H2,24,25,26). The second-order valence-electron chi connectivity index (χ2n) is 6.81. The van der Waals surface area contributed by atoms with Gasteiger partial charge in [-0.25, -0.2) is 4.99 Å². The first-order valence-electron chi connectivity index (χ1n) is 9.56. The van der Waals surface area contributed by atoms with E-state index >= 15 is 0 Å². The van der Waals surface area contributed by atoms with Gasteiger partial charge in [-0.3, -0.25) is 0 Å². The summed E-state index contributed by atoms with van der Waals surface area (Å²) in [5.74, 6) is 1.78. The zero-order chi connectivity index (χ0) is 22.1. The number of nitrogens with zero attached hydrogens (tertiary/aromatic N) is 2. The number of hydrogen-bond acceptors (Lipinski definition) is 5. The first-order chi connectivity index (χ1) is 14.2. The zero-order valence-electron chi connectivity index (χ0n) is 17.5. The van der Waals surface area contributed by atoms with Gasteiger partial charge in [0.25, 0.3) is 0 Å². The molecule has 0 bridgehead atoms. The SMILES string of the molecule is CCNC(=NCc1ccc(OCC(F)(F)F)c(OC)c1)NCc1cc(C(C)C)no1. The summed E-state index contributed by atoms with van der Waals surface area (Å²) in [4.78, 5) is 4.49. The molecule has 2 N–H and O–H groups in total. The molecule has 10 heteroatoms. The van der Waals surface area contributed by atoms with Crippen LogP contribution in [0.2, 0.25) is 0 Å². The smallest absolute Gasteiger partial charge is 0.422 e. The Kier molecular flexibility index (Phi) is 8.37. The van der Waals surface area contributed by atoms with E-state index in [2.05, 4.69) is 20.8 Å². The molecule has 2 aromatic rings. The fourth-order valence-corrected chi connectivity index (χ4v) is 2.46. The van der Waals surface area contributed by atoms with Crippen molar-refractivity contribution < 1.29 is 27.2 Å². The molecule has 0 aliphatic rings. The number of alkyl halides is 3. The number of aliphatic imine (C=N–C) groups is 1. The van der Waals surface area contributed by atoms with Gasteiger partial charge in [0.1, 0.15) is 0 Å². The maximum absolute atomic E-state index is 12.4. The summed E-state index contributed by atoms with van der Waals surface area (Å²) in [7, 11) is 1.37. The van der Waals surface area contributed by atoms with Crippen LogP contribution in [0.15, 0.2) is 33.8 Å². The second-order valence-corrected chi connectivity index (χ2v) is 6.81. The molecule has 0 radical (unpaired) electrons. The highest BCUT2D eigenvalue weighted by molar-refractivity contribution is 5.79. The molecule has 0 amide bonds. The van der Waals surface area contributed by atoms with E-state index in [4.69, 9.17) is 14.0 Å². The molecule has 7 nitrogen and oxygen atoms in total. The summed E-state index contributed by atoms with van der Waals surface area (Å²) < 4.78 is 52.3. The molecule has 1 heterocycles. The van der Waals surface area contributed by atoms with Gasteiger partial charge in [0, 0.05) is 12.6 Å². The van der Waals surface area contributed by atoms with Crippen LogP contribution in [0.3, 0.4) is 0 Å². The average molecular weight is 428 g/mol. The number of hydrogen-bond donors (Lipinski definition) is 2. The summed E-state index contributed by atoms with van der Waals surface area (Å²) in [5.41, 5.74) is 1.64. The molecule has 0 unspecified atom stereocenters. The highest BCUT2D eigenvalue weighted by Crippen LogP contribution is 2.30. The van der Waals surface area contributed by atoms with Gasteiger partial charge in [-0.15, -0.1) is 0 Å². The van der Waals surface area contributed by atoms with Gasteiger partial charge in [0.15, 0.2) is 29.8 Å². The van der Waals surface area contributed by atoms with E-state index in [9.17, 15) is 13.2 Å². The lowest BCUT2D eigenvalue weighted by Crippen LogP contribution is -2.36. The molecule has 1 aromatic carbocycles. The molecular weight excluding hydrogens is 401 g/mol. The van der Waals surface area contributed by atoms with Gasteiger partial charge < -0.3 is 24.6 Å².